The molecule has 2 nitrogen and oxygen atoms in total. The van der Waals surface area contributed by atoms with Gasteiger partial charge < -0.3 is 5.11 Å². The summed E-state index contributed by atoms with van der Waals surface area (Å²) in [4.78, 5) is 4.15. The molecular formula is C11H15NOS. The van der Waals surface area contributed by atoms with E-state index in [0.29, 0.717) is 0 Å². The molecule has 1 heterocycles. The van der Waals surface area contributed by atoms with Crippen molar-refractivity contribution in [3.05, 3.63) is 28.2 Å². The van der Waals surface area contributed by atoms with E-state index >= 15 is 0 Å². The minimum atomic E-state index is -0.451. The van der Waals surface area contributed by atoms with Crippen LogP contribution in [-0.4, -0.2) is 10.1 Å². The Labute approximate surface area is 88.3 Å². The van der Waals surface area contributed by atoms with Crippen molar-refractivity contribution >= 4 is 11.3 Å². The standard InChI is InChI=1S/C11H15NOS/c13-10(11-12-7-8-14-11)9-5-3-1-2-4-6-9/h5,7-8,10,13H,1-4,6H2. The van der Waals surface area contributed by atoms with Crippen LogP contribution < -0.4 is 0 Å². The molecule has 0 aliphatic heterocycles. The number of allylic oxidation sites excluding steroid dienone is 1. The molecule has 0 aromatic carbocycles. The molecule has 2 rings (SSSR count). The lowest BCUT2D eigenvalue weighted by Gasteiger charge is -2.10. The Morgan fingerprint density at radius 3 is 3.07 bits per heavy atom. The van der Waals surface area contributed by atoms with Crippen LogP contribution in [0.3, 0.4) is 0 Å². The number of nitrogens with zero attached hydrogens (tertiary/aromatic N) is 1. The highest BCUT2D eigenvalue weighted by Gasteiger charge is 2.16. The van der Waals surface area contributed by atoms with E-state index in [9.17, 15) is 5.11 Å². The smallest absolute Gasteiger partial charge is 0.127 e. The van der Waals surface area contributed by atoms with Gasteiger partial charge in [0.2, 0.25) is 0 Å². The van der Waals surface area contributed by atoms with Gasteiger partial charge in [-0.05, 0) is 31.3 Å². The first-order valence-corrected chi connectivity index (χ1v) is 6.02. The minimum Gasteiger partial charge on any atom is -0.381 e. The molecule has 0 fully saturated rings. The van der Waals surface area contributed by atoms with Crippen molar-refractivity contribution in [3.63, 3.8) is 0 Å². The second-order valence-corrected chi connectivity index (χ2v) is 4.58. The first kappa shape index (κ1) is 9.87. The van der Waals surface area contributed by atoms with Gasteiger partial charge in [-0.1, -0.05) is 12.5 Å². The second-order valence-electron chi connectivity index (χ2n) is 3.65. The number of hydrogen-bond acceptors (Lipinski definition) is 3. The third kappa shape index (κ3) is 2.22. The molecular weight excluding hydrogens is 194 g/mol. The van der Waals surface area contributed by atoms with Crippen molar-refractivity contribution in [1.29, 1.82) is 0 Å². The summed E-state index contributed by atoms with van der Waals surface area (Å²) < 4.78 is 0. The Hall–Kier alpha value is -0.670. The van der Waals surface area contributed by atoms with Gasteiger partial charge in [0.15, 0.2) is 0 Å². The zero-order chi connectivity index (χ0) is 9.80. The highest BCUT2D eigenvalue weighted by molar-refractivity contribution is 7.09. The molecule has 1 aromatic heterocycles. The molecule has 1 atom stereocenters. The third-order valence-corrected chi connectivity index (χ3v) is 3.44. The largest absolute Gasteiger partial charge is 0.381 e. The maximum atomic E-state index is 10.0. The molecule has 0 saturated heterocycles. The molecule has 0 spiro atoms. The zero-order valence-corrected chi connectivity index (χ0v) is 8.96. The van der Waals surface area contributed by atoms with E-state index in [2.05, 4.69) is 11.1 Å². The molecule has 1 unspecified atom stereocenters. The van der Waals surface area contributed by atoms with Crippen molar-refractivity contribution in [2.75, 3.05) is 0 Å². The van der Waals surface area contributed by atoms with Crippen molar-refractivity contribution in [3.8, 4) is 0 Å². The average Bonchev–Trinajstić information content (AvgIpc) is 2.59. The van der Waals surface area contributed by atoms with Crippen LogP contribution >= 0.6 is 11.3 Å². The van der Waals surface area contributed by atoms with Crippen LogP contribution in [0.5, 0.6) is 0 Å². The summed E-state index contributed by atoms with van der Waals surface area (Å²) in [5.41, 5.74) is 1.16. The SMILES string of the molecule is OC(C1=CCCCCC1)c1nccs1. The van der Waals surface area contributed by atoms with E-state index in [0.717, 1.165) is 23.4 Å². The number of thiazole rings is 1. The predicted octanol–water partition coefficient (Wildman–Crippen LogP) is 3.07. The summed E-state index contributed by atoms with van der Waals surface area (Å²) >= 11 is 1.53. The van der Waals surface area contributed by atoms with Gasteiger partial charge in [0.25, 0.3) is 0 Å². The molecule has 14 heavy (non-hydrogen) atoms. The number of aliphatic hydroxyl groups is 1. The van der Waals surface area contributed by atoms with Crippen LogP contribution in [0, 0.1) is 0 Å². The quantitative estimate of drug-likeness (QED) is 0.759. The van der Waals surface area contributed by atoms with Gasteiger partial charge in [0.1, 0.15) is 11.1 Å². The third-order valence-electron chi connectivity index (χ3n) is 2.61. The Balaban J connectivity index is 2.10. The Bertz CT molecular complexity index is 305. The topological polar surface area (TPSA) is 33.1 Å². The molecule has 0 bridgehead atoms. The highest BCUT2D eigenvalue weighted by atomic mass is 32.1. The Morgan fingerprint density at radius 2 is 2.29 bits per heavy atom. The van der Waals surface area contributed by atoms with Gasteiger partial charge in [-0.2, -0.15) is 0 Å². The maximum absolute atomic E-state index is 10.0. The lowest BCUT2D eigenvalue weighted by Crippen LogP contribution is -2.00. The normalized spacial score (nSPS) is 19.9. The minimum absolute atomic E-state index is 0.451. The molecule has 1 N–H and O–H groups in total. The summed E-state index contributed by atoms with van der Waals surface area (Å²) in [7, 11) is 0. The fraction of sp³-hybridized carbons (Fsp3) is 0.545. The number of rotatable bonds is 2. The Kier molecular flexibility index (Phi) is 3.32. The number of aromatic nitrogens is 1. The summed E-state index contributed by atoms with van der Waals surface area (Å²) in [5.74, 6) is 0. The van der Waals surface area contributed by atoms with Crippen molar-refractivity contribution in [2.45, 2.75) is 38.2 Å². The van der Waals surface area contributed by atoms with E-state index in [1.165, 1.54) is 30.6 Å². The zero-order valence-electron chi connectivity index (χ0n) is 8.15. The Morgan fingerprint density at radius 1 is 1.36 bits per heavy atom. The number of hydrogen-bond donors (Lipinski definition) is 1. The molecule has 1 aromatic rings. The van der Waals surface area contributed by atoms with E-state index < -0.39 is 6.10 Å². The molecule has 3 heteroatoms. The first-order chi connectivity index (χ1) is 6.88. The van der Waals surface area contributed by atoms with Crippen molar-refractivity contribution in [2.24, 2.45) is 0 Å². The molecule has 0 radical (unpaired) electrons. The second kappa shape index (κ2) is 4.71. The van der Waals surface area contributed by atoms with E-state index in [4.69, 9.17) is 0 Å². The molecule has 1 aliphatic carbocycles. The van der Waals surface area contributed by atoms with Crippen LogP contribution in [0.1, 0.15) is 43.2 Å². The molecule has 1 aliphatic rings. The van der Waals surface area contributed by atoms with Gasteiger partial charge in [0, 0.05) is 11.6 Å². The first-order valence-electron chi connectivity index (χ1n) is 5.14. The highest BCUT2D eigenvalue weighted by Crippen LogP contribution is 2.29. The van der Waals surface area contributed by atoms with Crippen LogP contribution in [-0.2, 0) is 0 Å². The van der Waals surface area contributed by atoms with E-state index in [1.54, 1.807) is 6.20 Å². The predicted molar refractivity (Wildman–Crippen MR) is 58.2 cm³/mol. The average molecular weight is 209 g/mol. The maximum Gasteiger partial charge on any atom is 0.127 e. The van der Waals surface area contributed by atoms with E-state index in [-0.39, 0.29) is 0 Å². The van der Waals surface area contributed by atoms with Gasteiger partial charge in [0.05, 0.1) is 0 Å². The lowest BCUT2D eigenvalue weighted by atomic mass is 10.1. The van der Waals surface area contributed by atoms with Crippen LogP contribution in [0.4, 0.5) is 0 Å². The van der Waals surface area contributed by atoms with Crippen LogP contribution in [0.15, 0.2) is 23.2 Å². The van der Waals surface area contributed by atoms with Crippen LogP contribution in [0.25, 0.3) is 0 Å². The molecule has 0 amide bonds. The molecule has 76 valence electrons. The monoisotopic (exact) mass is 209 g/mol. The lowest BCUT2D eigenvalue weighted by molar-refractivity contribution is 0.210. The summed E-state index contributed by atoms with van der Waals surface area (Å²) in [6.07, 6.45) is 9.37. The van der Waals surface area contributed by atoms with Crippen LogP contribution in [0.2, 0.25) is 0 Å². The van der Waals surface area contributed by atoms with Gasteiger partial charge in [-0.25, -0.2) is 4.98 Å². The van der Waals surface area contributed by atoms with Crippen molar-refractivity contribution in [1.82, 2.24) is 4.98 Å². The fourth-order valence-corrected chi connectivity index (χ4v) is 2.48. The summed E-state index contributed by atoms with van der Waals surface area (Å²) in [6, 6.07) is 0. The number of aliphatic hydroxyl groups excluding tert-OH is 1. The van der Waals surface area contributed by atoms with E-state index in [1.807, 2.05) is 5.38 Å². The van der Waals surface area contributed by atoms with Crippen molar-refractivity contribution < 1.29 is 5.11 Å². The van der Waals surface area contributed by atoms with Gasteiger partial charge in [-0.15, -0.1) is 11.3 Å². The summed E-state index contributed by atoms with van der Waals surface area (Å²) in [6.45, 7) is 0. The van der Waals surface area contributed by atoms with Gasteiger partial charge >= 0.3 is 0 Å². The van der Waals surface area contributed by atoms with Gasteiger partial charge in [-0.3, -0.25) is 0 Å². The fourth-order valence-electron chi connectivity index (χ4n) is 1.82. The summed E-state index contributed by atoms with van der Waals surface area (Å²) in [5, 5.41) is 12.8. The molecule has 0 saturated carbocycles.